The number of nitrogens with zero attached hydrogens (tertiary/aromatic N) is 1. The van der Waals surface area contributed by atoms with Crippen molar-refractivity contribution in [1.82, 2.24) is 5.32 Å². The van der Waals surface area contributed by atoms with Crippen molar-refractivity contribution in [2.75, 3.05) is 18.4 Å². The molecule has 0 atom stereocenters. The van der Waals surface area contributed by atoms with Crippen LogP contribution in [0.3, 0.4) is 0 Å². The Morgan fingerprint density at radius 1 is 1.35 bits per heavy atom. The van der Waals surface area contributed by atoms with Gasteiger partial charge in [-0.3, -0.25) is 4.99 Å². The van der Waals surface area contributed by atoms with Crippen LogP contribution in [-0.2, 0) is 6.18 Å². The summed E-state index contributed by atoms with van der Waals surface area (Å²) in [6, 6.07) is 3.71. The molecule has 2 rings (SSSR count). The lowest BCUT2D eigenvalue weighted by Gasteiger charge is -2.13. The molecule has 1 aliphatic rings. The first-order valence-electron chi connectivity index (χ1n) is 4.89. The first kappa shape index (κ1) is 12.0. The Balaban J connectivity index is 2.29. The Morgan fingerprint density at radius 3 is 2.71 bits per heavy atom. The van der Waals surface area contributed by atoms with Gasteiger partial charge in [0, 0.05) is 6.54 Å². The average Bonchev–Trinajstić information content (AvgIpc) is 2.72. The van der Waals surface area contributed by atoms with Gasteiger partial charge in [-0.1, -0.05) is 17.7 Å². The third kappa shape index (κ3) is 2.63. The standard InChI is InChI=1S/C10H9ClF3N3/c11-8-6(10(12,13)14)2-1-3-7(8)17-9-15-4-5-16-9/h1-3H,4-5H2,(H2,15,16,17). The van der Waals surface area contributed by atoms with Gasteiger partial charge in [-0.15, -0.1) is 0 Å². The smallest absolute Gasteiger partial charge is 0.354 e. The summed E-state index contributed by atoms with van der Waals surface area (Å²) in [5.74, 6) is 0.436. The van der Waals surface area contributed by atoms with E-state index in [9.17, 15) is 13.2 Å². The number of nitrogens with one attached hydrogen (secondary N) is 2. The number of hydrogen-bond acceptors (Lipinski definition) is 3. The van der Waals surface area contributed by atoms with E-state index in [1.807, 2.05) is 0 Å². The fraction of sp³-hybridized carbons (Fsp3) is 0.300. The van der Waals surface area contributed by atoms with Crippen molar-refractivity contribution in [1.29, 1.82) is 0 Å². The molecule has 17 heavy (non-hydrogen) atoms. The van der Waals surface area contributed by atoms with Crippen molar-refractivity contribution in [3.63, 3.8) is 0 Å². The SMILES string of the molecule is FC(F)(F)c1cccc(NC2=NCCN2)c1Cl. The Bertz CT molecular complexity index is 457. The molecule has 0 bridgehead atoms. The maximum absolute atomic E-state index is 12.6. The van der Waals surface area contributed by atoms with Crippen molar-refractivity contribution >= 4 is 23.2 Å². The van der Waals surface area contributed by atoms with Gasteiger partial charge < -0.3 is 10.6 Å². The second-order valence-corrected chi connectivity index (χ2v) is 3.82. The molecular weight excluding hydrogens is 255 g/mol. The van der Waals surface area contributed by atoms with Crippen molar-refractivity contribution in [2.24, 2.45) is 4.99 Å². The first-order chi connectivity index (χ1) is 7.98. The molecule has 7 heteroatoms. The maximum Gasteiger partial charge on any atom is 0.417 e. The van der Waals surface area contributed by atoms with Gasteiger partial charge in [0.2, 0.25) is 0 Å². The zero-order chi connectivity index (χ0) is 12.5. The van der Waals surface area contributed by atoms with E-state index < -0.39 is 11.7 Å². The van der Waals surface area contributed by atoms with E-state index >= 15 is 0 Å². The largest absolute Gasteiger partial charge is 0.417 e. The van der Waals surface area contributed by atoms with Crippen LogP contribution in [-0.4, -0.2) is 19.0 Å². The lowest BCUT2D eigenvalue weighted by Crippen LogP contribution is -2.26. The summed E-state index contributed by atoms with van der Waals surface area (Å²) in [6.07, 6.45) is -4.46. The maximum atomic E-state index is 12.6. The first-order valence-corrected chi connectivity index (χ1v) is 5.27. The molecule has 0 spiro atoms. The van der Waals surface area contributed by atoms with E-state index in [4.69, 9.17) is 11.6 Å². The van der Waals surface area contributed by atoms with E-state index in [2.05, 4.69) is 15.6 Å². The van der Waals surface area contributed by atoms with Crippen LogP contribution in [0.1, 0.15) is 5.56 Å². The number of hydrogen-bond donors (Lipinski definition) is 2. The molecule has 2 N–H and O–H groups in total. The van der Waals surface area contributed by atoms with Crippen molar-refractivity contribution < 1.29 is 13.2 Å². The molecule has 0 fully saturated rings. The summed E-state index contributed by atoms with van der Waals surface area (Å²) in [7, 11) is 0. The summed E-state index contributed by atoms with van der Waals surface area (Å²) < 4.78 is 37.8. The normalized spacial score (nSPS) is 15.4. The molecule has 0 saturated heterocycles. The second-order valence-electron chi connectivity index (χ2n) is 3.45. The zero-order valence-electron chi connectivity index (χ0n) is 8.61. The Morgan fingerprint density at radius 2 is 2.12 bits per heavy atom. The van der Waals surface area contributed by atoms with Gasteiger partial charge in [-0.25, -0.2) is 0 Å². The molecule has 1 aromatic rings. The van der Waals surface area contributed by atoms with E-state index in [-0.39, 0.29) is 10.7 Å². The molecule has 3 nitrogen and oxygen atoms in total. The van der Waals surface area contributed by atoms with E-state index in [1.165, 1.54) is 12.1 Å². The highest BCUT2D eigenvalue weighted by atomic mass is 35.5. The van der Waals surface area contributed by atoms with Crippen molar-refractivity contribution in [3.05, 3.63) is 28.8 Å². The van der Waals surface area contributed by atoms with Crippen LogP contribution in [0.25, 0.3) is 0 Å². The topological polar surface area (TPSA) is 36.4 Å². The summed E-state index contributed by atoms with van der Waals surface area (Å²) in [5.41, 5.74) is -0.669. The number of aliphatic imine (C=N–C) groups is 1. The molecule has 0 aliphatic carbocycles. The predicted molar refractivity (Wildman–Crippen MR) is 60.4 cm³/mol. The van der Waals surface area contributed by atoms with Crippen LogP contribution in [0.4, 0.5) is 18.9 Å². The third-order valence-corrected chi connectivity index (χ3v) is 2.64. The highest BCUT2D eigenvalue weighted by molar-refractivity contribution is 6.34. The van der Waals surface area contributed by atoms with Crippen LogP contribution in [0.15, 0.2) is 23.2 Å². The average molecular weight is 264 g/mol. The van der Waals surface area contributed by atoms with Crippen LogP contribution >= 0.6 is 11.6 Å². The minimum atomic E-state index is -4.46. The summed E-state index contributed by atoms with van der Waals surface area (Å²) in [4.78, 5) is 4.02. The van der Waals surface area contributed by atoms with Crippen LogP contribution in [0.2, 0.25) is 5.02 Å². The van der Waals surface area contributed by atoms with Gasteiger partial charge in [0.25, 0.3) is 0 Å². The molecule has 0 amide bonds. The van der Waals surface area contributed by atoms with Crippen LogP contribution < -0.4 is 10.6 Å². The third-order valence-electron chi connectivity index (χ3n) is 2.23. The molecule has 0 aromatic heterocycles. The molecule has 0 radical (unpaired) electrons. The fourth-order valence-corrected chi connectivity index (χ4v) is 1.74. The number of anilines is 1. The Kier molecular flexibility index (Phi) is 3.15. The monoisotopic (exact) mass is 263 g/mol. The zero-order valence-corrected chi connectivity index (χ0v) is 9.36. The molecule has 0 unspecified atom stereocenters. The minimum Gasteiger partial charge on any atom is -0.354 e. The van der Waals surface area contributed by atoms with Gasteiger partial charge in [-0.2, -0.15) is 13.2 Å². The summed E-state index contributed by atoms with van der Waals surface area (Å²) >= 11 is 5.71. The second kappa shape index (κ2) is 4.44. The molecular formula is C10H9ClF3N3. The minimum absolute atomic E-state index is 0.189. The van der Waals surface area contributed by atoms with Crippen molar-refractivity contribution in [2.45, 2.75) is 6.18 Å². The number of benzene rings is 1. The molecule has 1 heterocycles. The molecule has 1 aromatic carbocycles. The molecule has 1 aliphatic heterocycles. The molecule has 0 saturated carbocycles. The summed E-state index contributed by atoms with van der Waals surface area (Å²) in [6.45, 7) is 1.26. The lowest BCUT2D eigenvalue weighted by atomic mass is 10.2. The Hall–Kier alpha value is -1.43. The van der Waals surface area contributed by atoms with Crippen molar-refractivity contribution in [3.8, 4) is 0 Å². The van der Waals surface area contributed by atoms with Crippen LogP contribution in [0, 0.1) is 0 Å². The number of rotatable bonds is 1. The van der Waals surface area contributed by atoms with Gasteiger partial charge in [0.15, 0.2) is 5.96 Å². The number of alkyl halides is 3. The predicted octanol–water partition coefficient (Wildman–Crippen LogP) is 2.73. The fourth-order valence-electron chi connectivity index (χ4n) is 1.46. The Labute approximate surface area is 101 Å². The molecule has 92 valence electrons. The highest BCUT2D eigenvalue weighted by Gasteiger charge is 2.34. The lowest BCUT2D eigenvalue weighted by molar-refractivity contribution is -0.137. The van der Waals surface area contributed by atoms with E-state index in [1.54, 1.807) is 0 Å². The van der Waals surface area contributed by atoms with Gasteiger partial charge >= 0.3 is 6.18 Å². The van der Waals surface area contributed by atoms with Gasteiger partial charge in [-0.05, 0) is 12.1 Å². The van der Waals surface area contributed by atoms with Crippen LogP contribution in [0.5, 0.6) is 0 Å². The van der Waals surface area contributed by atoms with Gasteiger partial charge in [0.05, 0.1) is 22.8 Å². The quantitative estimate of drug-likeness (QED) is 0.817. The van der Waals surface area contributed by atoms with Gasteiger partial charge in [0.1, 0.15) is 0 Å². The number of halogens is 4. The van der Waals surface area contributed by atoms with E-state index in [0.717, 1.165) is 6.07 Å². The summed E-state index contributed by atoms with van der Waals surface area (Å²) in [5, 5.41) is 5.27. The highest BCUT2D eigenvalue weighted by Crippen LogP contribution is 2.38. The number of guanidine groups is 1. The van der Waals surface area contributed by atoms with E-state index in [0.29, 0.717) is 19.0 Å².